The van der Waals surface area contributed by atoms with E-state index in [1.54, 1.807) is 18.6 Å². The molecule has 1 N–H and O–H groups in total. The van der Waals surface area contributed by atoms with Crippen molar-refractivity contribution >= 4 is 22.5 Å². The summed E-state index contributed by atoms with van der Waals surface area (Å²) in [4.78, 5) is 28.8. The SMILES string of the molecule is CC(C)C(=O)c1c[nH]c2ncc(-c3ccnc(C(C#N)=CC4CC4)c3)nc12. The van der Waals surface area contributed by atoms with Crippen molar-refractivity contribution in [2.45, 2.75) is 26.7 Å². The maximum Gasteiger partial charge on any atom is 0.169 e. The monoisotopic (exact) mass is 357 g/mol. The van der Waals surface area contributed by atoms with Crippen LogP contribution in [0.4, 0.5) is 0 Å². The van der Waals surface area contributed by atoms with Crippen molar-refractivity contribution in [3.05, 3.63) is 48.1 Å². The van der Waals surface area contributed by atoms with E-state index in [0.29, 0.717) is 39.6 Å². The van der Waals surface area contributed by atoms with Crippen LogP contribution >= 0.6 is 0 Å². The number of pyridine rings is 1. The van der Waals surface area contributed by atoms with Gasteiger partial charge < -0.3 is 4.98 Å². The number of nitrogens with zero attached hydrogens (tertiary/aromatic N) is 4. The molecule has 1 fully saturated rings. The number of carbonyl (C=O) groups excluding carboxylic acids is 1. The molecule has 134 valence electrons. The summed E-state index contributed by atoms with van der Waals surface area (Å²) >= 11 is 0. The summed E-state index contributed by atoms with van der Waals surface area (Å²) in [5, 5.41) is 9.45. The number of nitrogens with one attached hydrogen (secondary N) is 1. The van der Waals surface area contributed by atoms with Gasteiger partial charge in [-0.15, -0.1) is 0 Å². The average Bonchev–Trinajstić information content (AvgIpc) is 3.41. The Morgan fingerprint density at radius 3 is 2.89 bits per heavy atom. The Labute approximate surface area is 157 Å². The van der Waals surface area contributed by atoms with Crippen molar-refractivity contribution in [2.24, 2.45) is 11.8 Å². The van der Waals surface area contributed by atoms with Gasteiger partial charge in [0.15, 0.2) is 11.4 Å². The minimum absolute atomic E-state index is 0.0299. The number of hydrogen-bond acceptors (Lipinski definition) is 5. The second-order valence-corrected chi connectivity index (χ2v) is 7.13. The highest BCUT2D eigenvalue weighted by atomic mass is 16.1. The summed E-state index contributed by atoms with van der Waals surface area (Å²) in [5.74, 6) is 0.403. The molecular weight excluding hydrogens is 338 g/mol. The molecule has 0 saturated heterocycles. The molecule has 0 bridgehead atoms. The van der Waals surface area contributed by atoms with Gasteiger partial charge in [0.2, 0.25) is 0 Å². The molecular formula is C21H19N5O. The molecule has 4 rings (SSSR count). The second kappa shape index (κ2) is 6.76. The summed E-state index contributed by atoms with van der Waals surface area (Å²) < 4.78 is 0. The number of rotatable bonds is 5. The molecule has 3 aromatic heterocycles. The van der Waals surface area contributed by atoms with Gasteiger partial charge in [0.1, 0.15) is 11.6 Å². The van der Waals surface area contributed by atoms with Crippen LogP contribution in [0.1, 0.15) is 42.7 Å². The normalized spacial score (nSPS) is 14.5. The third-order valence-corrected chi connectivity index (χ3v) is 4.65. The first kappa shape index (κ1) is 17.1. The van der Waals surface area contributed by atoms with Crippen molar-refractivity contribution in [1.82, 2.24) is 19.9 Å². The highest BCUT2D eigenvalue weighted by Gasteiger charge is 2.21. The first-order valence-corrected chi connectivity index (χ1v) is 9.04. The Bertz CT molecular complexity index is 1100. The first-order chi connectivity index (χ1) is 13.1. The lowest BCUT2D eigenvalue weighted by Gasteiger charge is -2.05. The van der Waals surface area contributed by atoms with E-state index in [4.69, 9.17) is 0 Å². The van der Waals surface area contributed by atoms with E-state index in [0.717, 1.165) is 18.4 Å². The predicted molar refractivity (Wildman–Crippen MR) is 103 cm³/mol. The van der Waals surface area contributed by atoms with E-state index in [-0.39, 0.29) is 11.7 Å². The van der Waals surface area contributed by atoms with Gasteiger partial charge in [-0.1, -0.05) is 19.9 Å². The average molecular weight is 357 g/mol. The lowest BCUT2D eigenvalue weighted by atomic mass is 10.0. The quantitative estimate of drug-likeness (QED) is 0.546. The van der Waals surface area contributed by atoms with Gasteiger partial charge in [-0.3, -0.25) is 9.78 Å². The van der Waals surface area contributed by atoms with Gasteiger partial charge in [0.05, 0.1) is 28.7 Å². The molecule has 3 heterocycles. The number of ketones is 1. The molecule has 0 aliphatic heterocycles. The van der Waals surface area contributed by atoms with Gasteiger partial charge in [0, 0.05) is 23.9 Å². The number of aromatic nitrogens is 4. The summed E-state index contributed by atoms with van der Waals surface area (Å²) in [5.41, 5.74) is 4.39. The Hall–Kier alpha value is -3.33. The summed E-state index contributed by atoms with van der Waals surface area (Å²) in [7, 11) is 0. The fraction of sp³-hybridized carbons (Fsp3) is 0.286. The fourth-order valence-corrected chi connectivity index (χ4v) is 2.94. The third kappa shape index (κ3) is 3.36. The van der Waals surface area contributed by atoms with Gasteiger partial charge in [-0.05, 0) is 30.9 Å². The van der Waals surface area contributed by atoms with Crippen LogP contribution in [0.5, 0.6) is 0 Å². The third-order valence-electron chi connectivity index (χ3n) is 4.65. The topological polar surface area (TPSA) is 95.3 Å². The van der Waals surface area contributed by atoms with Crippen molar-refractivity contribution in [3.8, 4) is 17.3 Å². The van der Waals surface area contributed by atoms with Crippen LogP contribution in [0.3, 0.4) is 0 Å². The zero-order valence-electron chi connectivity index (χ0n) is 15.2. The second-order valence-electron chi connectivity index (χ2n) is 7.13. The smallest absolute Gasteiger partial charge is 0.169 e. The summed E-state index contributed by atoms with van der Waals surface area (Å²) in [6.07, 6.45) is 9.26. The number of fused-ring (bicyclic) bond motifs is 1. The number of aromatic amines is 1. The highest BCUT2D eigenvalue weighted by Crippen LogP contribution is 2.33. The van der Waals surface area contributed by atoms with Crippen LogP contribution in [-0.4, -0.2) is 25.7 Å². The number of nitriles is 1. The Balaban J connectivity index is 1.76. The van der Waals surface area contributed by atoms with Gasteiger partial charge in [-0.25, -0.2) is 9.97 Å². The van der Waals surface area contributed by atoms with Crippen LogP contribution < -0.4 is 0 Å². The maximum atomic E-state index is 12.4. The molecule has 1 aliphatic carbocycles. The summed E-state index contributed by atoms with van der Waals surface area (Å²) in [6.45, 7) is 3.73. The number of hydrogen-bond donors (Lipinski definition) is 1. The molecule has 6 nitrogen and oxygen atoms in total. The zero-order chi connectivity index (χ0) is 19.0. The van der Waals surface area contributed by atoms with Crippen molar-refractivity contribution in [1.29, 1.82) is 5.26 Å². The molecule has 0 aromatic carbocycles. The Morgan fingerprint density at radius 2 is 2.19 bits per heavy atom. The van der Waals surface area contributed by atoms with Gasteiger partial charge in [-0.2, -0.15) is 5.26 Å². The molecule has 27 heavy (non-hydrogen) atoms. The molecule has 3 aromatic rings. The molecule has 6 heteroatoms. The van der Waals surface area contributed by atoms with Crippen LogP contribution in [0.15, 0.2) is 36.8 Å². The molecule has 1 aliphatic rings. The molecule has 0 amide bonds. The number of Topliss-reactive ketones (excluding diaryl/α,β-unsaturated/α-hetero) is 1. The van der Waals surface area contributed by atoms with Gasteiger partial charge in [0.25, 0.3) is 0 Å². The minimum atomic E-state index is -0.118. The molecule has 1 saturated carbocycles. The predicted octanol–water partition coefficient (Wildman–Crippen LogP) is 4.18. The maximum absolute atomic E-state index is 12.4. The van der Waals surface area contributed by atoms with Crippen LogP contribution in [-0.2, 0) is 0 Å². The summed E-state index contributed by atoms with van der Waals surface area (Å²) in [6, 6.07) is 5.93. The molecule has 0 atom stereocenters. The van der Waals surface area contributed by atoms with E-state index in [1.165, 1.54) is 0 Å². The Kier molecular flexibility index (Phi) is 4.28. The van der Waals surface area contributed by atoms with Crippen molar-refractivity contribution < 1.29 is 4.79 Å². The van der Waals surface area contributed by atoms with E-state index in [1.807, 2.05) is 32.1 Å². The standard InChI is InChI=1S/C21H19N5O/c1-12(2)20(27)16-10-24-21-19(16)26-18(11-25-21)14-5-6-23-17(8-14)15(9-22)7-13-3-4-13/h5-8,10-13H,3-4H2,1-2H3,(H,24,25). The van der Waals surface area contributed by atoms with E-state index in [2.05, 4.69) is 26.0 Å². The minimum Gasteiger partial charge on any atom is -0.344 e. The fourth-order valence-electron chi connectivity index (χ4n) is 2.94. The van der Waals surface area contributed by atoms with Crippen LogP contribution in [0.2, 0.25) is 0 Å². The molecule has 0 spiro atoms. The highest BCUT2D eigenvalue weighted by molar-refractivity contribution is 6.06. The lowest BCUT2D eigenvalue weighted by molar-refractivity contribution is 0.0941. The van der Waals surface area contributed by atoms with Crippen molar-refractivity contribution in [3.63, 3.8) is 0 Å². The number of carbonyl (C=O) groups is 1. The number of H-pyrrole nitrogens is 1. The van der Waals surface area contributed by atoms with E-state index in [9.17, 15) is 10.1 Å². The molecule has 0 radical (unpaired) electrons. The molecule has 0 unspecified atom stereocenters. The lowest BCUT2D eigenvalue weighted by Crippen LogP contribution is -2.07. The van der Waals surface area contributed by atoms with Crippen LogP contribution in [0, 0.1) is 23.2 Å². The Morgan fingerprint density at radius 1 is 1.37 bits per heavy atom. The van der Waals surface area contributed by atoms with Crippen molar-refractivity contribution in [2.75, 3.05) is 0 Å². The first-order valence-electron chi connectivity index (χ1n) is 9.04. The van der Waals surface area contributed by atoms with Crippen LogP contribution in [0.25, 0.3) is 28.0 Å². The van der Waals surface area contributed by atoms with Gasteiger partial charge >= 0.3 is 0 Å². The number of allylic oxidation sites excluding steroid dienone is 2. The zero-order valence-corrected chi connectivity index (χ0v) is 15.2. The largest absolute Gasteiger partial charge is 0.344 e. The van der Waals surface area contributed by atoms with E-state index >= 15 is 0 Å². The van der Waals surface area contributed by atoms with E-state index < -0.39 is 0 Å².